The topological polar surface area (TPSA) is 38.3 Å². The quantitative estimate of drug-likeness (QED) is 0.714. The molecule has 3 nitrogen and oxygen atoms in total. The van der Waals surface area contributed by atoms with Gasteiger partial charge >= 0.3 is 5.97 Å². The van der Waals surface area contributed by atoms with Gasteiger partial charge in [-0.05, 0) is 5.56 Å². The van der Waals surface area contributed by atoms with Crippen LogP contribution in [-0.2, 0) is 16.2 Å². The third kappa shape index (κ3) is 3.71. The number of nitrogens with one attached hydrogen (secondary N) is 1. The molecule has 0 aliphatic heterocycles. The van der Waals surface area contributed by atoms with Gasteiger partial charge in [-0.25, -0.2) is 0 Å². The summed E-state index contributed by atoms with van der Waals surface area (Å²) in [5.74, 6) is -0.240. The van der Waals surface area contributed by atoms with Gasteiger partial charge in [0, 0.05) is 6.42 Å². The molecule has 0 fully saturated rings. The third-order valence-corrected chi connectivity index (χ3v) is 1.59. The van der Waals surface area contributed by atoms with E-state index in [9.17, 15) is 4.79 Å². The summed E-state index contributed by atoms with van der Waals surface area (Å²) < 4.78 is 0. The van der Waals surface area contributed by atoms with Crippen LogP contribution in [-0.4, -0.2) is 5.97 Å². The predicted octanol–water partition coefficient (Wildman–Crippen LogP) is 1.64. The molecule has 0 atom stereocenters. The lowest BCUT2D eigenvalue weighted by Gasteiger charge is -2.03. The van der Waals surface area contributed by atoms with Crippen LogP contribution < -0.4 is 5.48 Å². The molecule has 0 heterocycles. The van der Waals surface area contributed by atoms with Crippen molar-refractivity contribution in [1.82, 2.24) is 5.48 Å². The van der Waals surface area contributed by atoms with E-state index in [1.807, 2.05) is 30.3 Å². The predicted molar refractivity (Wildman–Crippen MR) is 49.7 cm³/mol. The highest BCUT2D eigenvalue weighted by atomic mass is 16.7. The van der Waals surface area contributed by atoms with Crippen molar-refractivity contribution in [3.05, 3.63) is 35.9 Å². The maximum absolute atomic E-state index is 10.7. The Kier molecular flexibility index (Phi) is 3.99. The van der Waals surface area contributed by atoms with Gasteiger partial charge in [-0.15, -0.1) is 5.48 Å². The molecule has 0 aliphatic carbocycles. The summed E-state index contributed by atoms with van der Waals surface area (Å²) in [6, 6.07) is 9.76. The van der Waals surface area contributed by atoms with E-state index in [1.54, 1.807) is 6.92 Å². The number of hydrogen-bond donors (Lipinski definition) is 1. The summed E-state index contributed by atoms with van der Waals surface area (Å²) in [5, 5.41) is 0. The standard InChI is InChI=1S/C10H13NO2/c1-2-10(12)13-11-8-9-6-4-3-5-7-9/h3-7,11H,2,8H2,1H3. The number of carbonyl (C=O) groups is 1. The maximum atomic E-state index is 10.7. The molecule has 13 heavy (non-hydrogen) atoms. The molecule has 0 unspecified atom stereocenters. The second-order valence-corrected chi connectivity index (χ2v) is 2.63. The van der Waals surface area contributed by atoms with E-state index in [0.717, 1.165) is 5.56 Å². The molecule has 0 amide bonds. The van der Waals surface area contributed by atoms with Crippen LogP contribution in [0.1, 0.15) is 18.9 Å². The van der Waals surface area contributed by atoms with Crippen LogP contribution in [0.4, 0.5) is 0 Å². The van der Waals surface area contributed by atoms with E-state index >= 15 is 0 Å². The van der Waals surface area contributed by atoms with Crippen LogP contribution in [0.2, 0.25) is 0 Å². The highest BCUT2D eigenvalue weighted by molar-refractivity contribution is 5.68. The molecule has 0 aliphatic rings. The van der Waals surface area contributed by atoms with Crippen LogP contribution in [0.3, 0.4) is 0 Å². The number of benzene rings is 1. The van der Waals surface area contributed by atoms with E-state index in [1.165, 1.54) is 0 Å². The average molecular weight is 179 g/mol. The van der Waals surface area contributed by atoms with Gasteiger partial charge in [0.2, 0.25) is 0 Å². The van der Waals surface area contributed by atoms with Gasteiger partial charge in [-0.3, -0.25) is 4.79 Å². The van der Waals surface area contributed by atoms with E-state index in [0.29, 0.717) is 13.0 Å². The summed E-state index contributed by atoms with van der Waals surface area (Å²) in [5.41, 5.74) is 3.69. The molecular weight excluding hydrogens is 166 g/mol. The van der Waals surface area contributed by atoms with Crippen LogP contribution in [0.25, 0.3) is 0 Å². The second kappa shape index (κ2) is 5.32. The molecule has 0 saturated carbocycles. The summed E-state index contributed by atoms with van der Waals surface area (Å²) in [6.45, 7) is 2.30. The molecule has 1 aromatic rings. The Balaban J connectivity index is 2.24. The average Bonchev–Trinajstić information content (AvgIpc) is 2.19. The number of hydroxylamine groups is 1. The fraction of sp³-hybridized carbons (Fsp3) is 0.300. The Morgan fingerprint density at radius 2 is 2.08 bits per heavy atom. The van der Waals surface area contributed by atoms with E-state index < -0.39 is 0 Å². The lowest BCUT2D eigenvalue weighted by atomic mass is 10.2. The molecule has 0 bridgehead atoms. The lowest BCUT2D eigenvalue weighted by Crippen LogP contribution is -2.18. The zero-order chi connectivity index (χ0) is 9.52. The van der Waals surface area contributed by atoms with Crippen molar-refractivity contribution in [2.75, 3.05) is 0 Å². The van der Waals surface area contributed by atoms with Crippen molar-refractivity contribution in [3.63, 3.8) is 0 Å². The molecule has 70 valence electrons. The van der Waals surface area contributed by atoms with Crippen molar-refractivity contribution < 1.29 is 9.63 Å². The Morgan fingerprint density at radius 3 is 2.69 bits per heavy atom. The first-order valence-electron chi connectivity index (χ1n) is 4.29. The zero-order valence-corrected chi connectivity index (χ0v) is 7.62. The van der Waals surface area contributed by atoms with Gasteiger partial charge in [0.1, 0.15) is 0 Å². The minimum absolute atomic E-state index is 0.240. The molecule has 0 saturated heterocycles. The van der Waals surface area contributed by atoms with Crippen molar-refractivity contribution >= 4 is 5.97 Å². The normalized spacial score (nSPS) is 9.62. The molecule has 0 radical (unpaired) electrons. The Hall–Kier alpha value is -1.35. The largest absolute Gasteiger partial charge is 0.370 e. The molecule has 1 rings (SSSR count). The lowest BCUT2D eigenvalue weighted by molar-refractivity contribution is -0.151. The van der Waals surface area contributed by atoms with Gasteiger partial charge < -0.3 is 4.84 Å². The number of hydrogen-bond acceptors (Lipinski definition) is 3. The first-order chi connectivity index (χ1) is 6.33. The van der Waals surface area contributed by atoms with Gasteiger partial charge in [-0.1, -0.05) is 37.3 Å². The number of carbonyl (C=O) groups excluding carboxylic acids is 1. The number of rotatable bonds is 4. The highest BCUT2D eigenvalue weighted by Crippen LogP contribution is 1.96. The minimum Gasteiger partial charge on any atom is -0.370 e. The van der Waals surface area contributed by atoms with Crippen molar-refractivity contribution in [3.8, 4) is 0 Å². The molecule has 0 aromatic heterocycles. The van der Waals surface area contributed by atoms with Gasteiger partial charge in [0.25, 0.3) is 0 Å². The highest BCUT2D eigenvalue weighted by Gasteiger charge is 1.96. The van der Waals surface area contributed by atoms with E-state index in [2.05, 4.69) is 5.48 Å². The molecular formula is C10H13NO2. The molecule has 0 spiro atoms. The first-order valence-corrected chi connectivity index (χ1v) is 4.29. The van der Waals surface area contributed by atoms with Gasteiger partial charge in [-0.2, -0.15) is 0 Å². The van der Waals surface area contributed by atoms with Crippen molar-refractivity contribution in [2.24, 2.45) is 0 Å². The fourth-order valence-corrected chi connectivity index (χ4v) is 0.868. The second-order valence-electron chi connectivity index (χ2n) is 2.63. The van der Waals surface area contributed by atoms with Crippen LogP contribution >= 0.6 is 0 Å². The molecule has 3 heteroatoms. The fourth-order valence-electron chi connectivity index (χ4n) is 0.868. The van der Waals surface area contributed by atoms with Crippen molar-refractivity contribution in [1.29, 1.82) is 0 Å². The summed E-state index contributed by atoms with van der Waals surface area (Å²) in [7, 11) is 0. The summed E-state index contributed by atoms with van der Waals surface area (Å²) >= 11 is 0. The smallest absolute Gasteiger partial charge is 0.324 e. The van der Waals surface area contributed by atoms with Gasteiger partial charge in [0.05, 0.1) is 6.54 Å². The minimum atomic E-state index is -0.240. The molecule has 1 N–H and O–H groups in total. The first kappa shape index (κ1) is 9.74. The van der Waals surface area contributed by atoms with Crippen LogP contribution in [0.15, 0.2) is 30.3 Å². The van der Waals surface area contributed by atoms with Crippen LogP contribution in [0.5, 0.6) is 0 Å². The van der Waals surface area contributed by atoms with Gasteiger partial charge in [0.15, 0.2) is 0 Å². The van der Waals surface area contributed by atoms with Crippen LogP contribution in [0, 0.1) is 0 Å². The summed E-state index contributed by atoms with van der Waals surface area (Å²) in [4.78, 5) is 15.4. The third-order valence-electron chi connectivity index (χ3n) is 1.59. The summed E-state index contributed by atoms with van der Waals surface area (Å²) in [6.07, 6.45) is 0.391. The Bertz CT molecular complexity index is 259. The van der Waals surface area contributed by atoms with E-state index in [-0.39, 0.29) is 5.97 Å². The van der Waals surface area contributed by atoms with Crippen molar-refractivity contribution in [2.45, 2.75) is 19.9 Å². The SMILES string of the molecule is CCC(=O)ONCc1ccccc1. The monoisotopic (exact) mass is 179 g/mol. The molecule has 1 aromatic carbocycles. The van der Waals surface area contributed by atoms with E-state index in [4.69, 9.17) is 4.84 Å². The zero-order valence-electron chi connectivity index (χ0n) is 7.62. The Labute approximate surface area is 77.7 Å². The maximum Gasteiger partial charge on any atom is 0.324 e. The Morgan fingerprint density at radius 1 is 1.38 bits per heavy atom.